The molecule has 2 heterocycles. The second-order valence-corrected chi connectivity index (χ2v) is 7.44. The fourth-order valence-electron chi connectivity index (χ4n) is 3.10. The first-order valence-electron chi connectivity index (χ1n) is 11.1. The van der Waals surface area contributed by atoms with Crippen LogP contribution in [0, 0.1) is 0 Å². The predicted octanol–water partition coefficient (Wildman–Crippen LogP) is 4.44. The van der Waals surface area contributed by atoms with E-state index >= 15 is 0 Å². The highest BCUT2D eigenvalue weighted by atomic mass is 16.6. The van der Waals surface area contributed by atoms with Crippen LogP contribution in [0.1, 0.15) is 90.9 Å². The topological polar surface area (TPSA) is 110 Å². The molecule has 0 aromatic carbocycles. The number of carbonyl (C=O) groups is 4. The van der Waals surface area contributed by atoms with Crippen LogP contribution in [0.4, 0.5) is 0 Å². The van der Waals surface area contributed by atoms with Crippen molar-refractivity contribution in [2.24, 2.45) is 0 Å². The summed E-state index contributed by atoms with van der Waals surface area (Å²) in [7, 11) is 0. The number of hydrogen-bond acceptors (Lipinski definition) is 8. The first-order valence-corrected chi connectivity index (χ1v) is 11.1. The van der Waals surface area contributed by atoms with Gasteiger partial charge in [-0.15, -0.1) is 0 Å². The van der Waals surface area contributed by atoms with Gasteiger partial charge in [0.15, 0.2) is 17.3 Å². The van der Waals surface area contributed by atoms with Gasteiger partial charge in [-0.3, -0.25) is 19.2 Å². The van der Waals surface area contributed by atoms with E-state index in [1.54, 1.807) is 0 Å². The summed E-state index contributed by atoms with van der Waals surface area (Å²) in [6.07, 6.45) is 4.80. The number of carbonyl (C=O) groups excluding carboxylic acids is 4. The van der Waals surface area contributed by atoms with Gasteiger partial charge in [-0.1, -0.05) is 27.7 Å². The maximum Gasteiger partial charge on any atom is 0.311 e. The quantitative estimate of drug-likeness (QED) is 0.431. The molecule has 0 saturated carbocycles. The van der Waals surface area contributed by atoms with Crippen LogP contribution in [0.3, 0.4) is 0 Å². The van der Waals surface area contributed by atoms with E-state index in [2.05, 4.69) is 0 Å². The largest absolute Gasteiger partial charge is 0.447 e. The van der Waals surface area contributed by atoms with Crippen molar-refractivity contribution in [2.45, 2.75) is 85.2 Å². The number of nitrogens with zero attached hydrogens (tertiary/aromatic N) is 1. The normalized spacial score (nSPS) is 14.4. The van der Waals surface area contributed by atoms with Gasteiger partial charge in [0.25, 0.3) is 0 Å². The van der Waals surface area contributed by atoms with Crippen molar-refractivity contribution >= 4 is 30.1 Å². The van der Waals surface area contributed by atoms with Gasteiger partial charge in [-0.25, -0.2) is 0 Å². The molecule has 1 unspecified atom stereocenters. The number of esters is 4. The first-order chi connectivity index (χ1) is 15.3. The first kappa shape index (κ1) is 25.2. The molecule has 1 atom stereocenters. The highest BCUT2D eigenvalue weighted by Gasteiger charge is 2.39. The third-order valence-electron chi connectivity index (χ3n) is 4.50. The molecule has 0 bridgehead atoms. The van der Waals surface area contributed by atoms with E-state index in [0.717, 1.165) is 0 Å². The second-order valence-electron chi connectivity index (χ2n) is 7.44. The lowest BCUT2D eigenvalue weighted by Crippen LogP contribution is -2.17. The number of rotatable bonds is 12. The van der Waals surface area contributed by atoms with Crippen LogP contribution in [-0.4, -0.2) is 28.4 Å². The lowest BCUT2D eigenvalue weighted by molar-refractivity contribution is -0.153. The van der Waals surface area contributed by atoms with Crippen LogP contribution in [0.2, 0.25) is 0 Å². The predicted molar refractivity (Wildman–Crippen MR) is 115 cm³/mol. The van der Waals surface area contributed by atoms with Gasteiger partial charge < -0.3 is 23.5 Å². The zero-order valence-electron chi connectivity index (χ0n) is 19.1. The second kappa shape index (κ2) is 12.1. The molecule has 1 aliphatic heterocycles. The van der Waals surface area contributed by atoms with E-state index in [0.29, 0.717) is 25.7 Å². The molecule has 9 nitrogen and oxygen atoms in total. The zero-order valence-corrected chi connectivity index (χ0v) is 19.1. The fourth-order valence-corrected chi connectivity index (χ4v) is 3.10. The van der Waals surface area contributed by atoms with Crippen LogP contribution in [0.5, 0.6) is 11.5 Å². The number of aromatic nitrogens is 1. The average Bonchev–Trinajstić information content (AvgIpc) is 3.19. The number of fused-ring (bicyclic) bond motifs is 1. The van der Waals surface area contributed by atoms with E-state index in [-0.39, 0.29) is 48.6 Å². The van der Waals surface area contributed by atoms with Gasteiger partial charge in [0.1, 0.15) is 5.69 Å². The summed E-state index contributed by atoms with van der Waals surface area (Å²) in [4.78, 5) is 48.7. The summed E-state index contributed by atoms with van der Waals surface area (Å²) in [5, 5.41) is 0. The molecule has 0 N–H and O–H groups in total. The third kappa shape index (κ3) is 6.45. The van der Waals surface area contributed by atoms with Crippen molar-refractivity contribution in [3.8, 4) is 11.5 Å². The average molecular weight is 450 g/mol. The molecule has 1 aliphatic rings. The Kier molecular flexibility index (Phi) is 9.49. The molecule has 1 aromatic heterocycles. The smallest absolute Gasteiger partial charge is 0.311 e. The SMILES string of the molecule is CCCC(=O)OC1=Cn2cc(OC(=O)CCC)c(OC(=O)CCC)c2C1OC(=O)CCC. The minimum atomic E-state index is -1.11. The van der Waals surface area contributed by atoms with E-state index in [4.69, 9.17) is 18.9 Å². The molecule has 0 aliphatic carbocycles. The van der Waals surface area contributed by atoms with Crippen molar-refractivity contribution in [1.82, 2.24) is 4.57 Å². The Bertz CT molecular complexity index is 883. The zero-order chi connectivity index (χ0) is 23.7. The van der Waals surface area contributed by atoms with Crippen molar-refractivity contribution in [3.05, 3.63) is 17.6 Å². The van der Waals surface area contributed by atoms with Crippen LogP contribution < -0.4 is 9.47 Å². The molecule has 0 amide bonds. The Labute approximate surface area is 187 Å². The molecule has 0 saturated heterocycles. The summed E-state index contributed by atoms with van der Waals surface area (Å²) in [5.41, 5.74) is 0.248. The van der Waals surface area contributed by atoms with Crippen LogP contribution >= 0.6 is 0 Å². The van der Waals surface area contributed by atoms with Gasteiger partial charge in [-0.2, -0.15) is 0 Å². The minimum Gasteiger partial charge on any atom is -0.447 e. The molecule has 2 rings (SSSR count). The van der Waals surface area contributed by atoms with Gasteiger partial charge in [0, 0.05) is 25.7 Å². The molecule has 32 heavy (non-hydrogen) atoms. The van der Waals surface area contributed by atoms with Crippen molar-refractivity contribution in [1.29, 1.82) is 0 Å². The maximum atomic E-state index is 12.3. The van der Waals surface area contributed by atoms with Gasteiger partial charge in [-0.05, 0) is 25.7 Å². The van der Waals surface area contributed by atoms with Crippen LogP contribution in [0.15, 0.2) is 12.0 Å². The van der Waals surface area contributed by atoms with Crippen LogP contribution in [-0.2, 0) is 28.7 Å². The van der Waals surface area contributed by atoms with Gasteiger partial charge in [0.05, 0.1) is 12.4 Å². The number of hydrogen-bond donors (Lipinski definition) is 0. The van der Waals surface area contributed by atoms with Gasteiger partial charge in [0.2, 0.25) is 6.10 Å². The minimum absolute atomic E-state index is 0.0278. The Balaban J connectivity index is 2.47. The van der Waals surface area contributed by atoms with E-state index in [9.17, 15) is 19.2 Å². The summed E-state index contributed by atoms with van der Waals surface area (Å²) >= 11 is 0. The Morgan fingerprint density at radius 1 is 0.750 bits per heavy atom. The molecule has 176 valence electrons. The molecule has 0 spiro atoms. The standard InChI is InChI=1S/C23H31NO8/c1-5-9-17(25)29-15-13-24-14-16(30-18(26)10-6-2)23(32-20(28)12-8-4)21(24)22(15)31-19(27)11-7-3/h13-14,22H,5-12H2,1-4H3. The lowest BCUT2D eigenvalue weighted by atomic mass is 10.2. The van der Waals surface area contributed by atoms with E-state index in [1.165, 1.54) is 17.0 Å². The molecule has 9 heteroatoms. The number of ether oxygens (including phenoxy) is 4. The van der Waals surface area contributed by atoms with Crippen molar-refractivity contribution in [2.75, 3.05) is 0 Å². The molecular formula is C23H31NO8. The fraction of sp³-hybridized carbons (Fsp3) is 0.565. The summed E-state index contributed by atoms with van der Waals surface area (Å²) < 4.78 is 23.4. The Morgan fingerprint density at radius 3 is 1.81 bits per heavy atom. The summed E-state index contributed by atoms with van der Waals surface area (Å²) in [6.45, 7) is 7.34. The van der Waals surface area contributed by atoms with E-state index < -0.39 is 30.0 Å². The molecule has 1 aromatic rings. The summed E-state index contributed by atoms with van der Waals surface area (Å²) in [6, 6.07) is 0. The monoisotopic (exact) mass is 449 g/mol. The maximum absolute atomic E-state index is 12.3. The Hall–Kier alpha value is -3.10. The molecule has 0 radical (unpaired) electrons. The lowest BCUT2D eigenvalue weighted by Gasteiger charge is -2.17. The van der Waals surface area contributed by atoms with Crippen molar-refractivity contribution in [3.63, 3.8) is 0 Å². The highest BCUT2D eigenvalue weighted by Crippen LogP contribution is 2.46. The Morgan fingerprint density at radius 2 is 1.25 bits per heavy atom. The molecule has 0 fully saturated rings. The van der Waals surface area contributed by atoms with Crippen LogP contribution in [0.25, 0.3) is 6.20 Å². The van der Waals surface area contributed by atoms with Gasteiger partial charge >= 0.3 is 23.9 Å². The third-order valence-corrected chi connectivity index (χ3v) is 4.50. The summed E-state index contributed by atoms with van der Waals surface area (Å²) in [5.74, 6) is -1.87. The van der Waals surface area contributed by atoms with Crippen molar-refractivity contribution < 1.29 is 38.1 Å². The molecular weight excluding hydrogens is 418 g/mol. The highest BCUT2D eigenvalue weighted by molar-refractivity contribution is 5.79. The van der Waals surface area contributed by atoms with E-state index in [1.807, 2.05) is 27.7 Å².